The Balaban J connectivity index is 2.47. The zero-order valence-corrected chi connectivity index (χ0v) is 11.1. The molecule has 0 saturated heterocycles. The van der Waals surface area contributed by atoms with E-state index in [4.69, 9.17) is 28.9 Å². The van der Waals surface area contributed by atoms with Crippen LogP contribution in [0.1, 0.15) is 22.9 Å². The van der Waals surface area contributed by atoms with Gasteiger partial charge in [0.1, 0.15) is 0 Å². The maximum absolute atomic E-state index is 6.20. The lowest BCUT2D eigenvalue weighted by atomic mass is 10.0. The van der Waals surface area contributed by atoms with Crippen molar-refractivity contribution in [1.29, 1.82) is 0 Å². The average molecular weight is 270 g/mol. The standard InChI is InChI=1S/C12H13Cl2N3/c1-7-3-8(5-9(13)4-7)11(15)12-10(14)6-16-17(12)2/h3-6,11H,15H2,1-2H3. The van der Waals surface area contributed by atoms with Crippen molar-refractivity contribution in [3.63, 3.8) is 0 Å². The van der Waals surface area contributed by atoms with Crippen LogP contribution >= 0.6 is 23.2 Å². The van der Waals surface area contributed by atoms with Crippen LogP contribution in [0.2, 0.25) is 10.0 Å². The second-order valence-corrected chi connectivity index (χ2v) is 4.88. The Bertz CT molecular complexity index is 509. The summed E-state index contributed by atoms with van der Waals surface area (Å²) in [5.74, 6) is 0. The first kappa shape index (κ1) is 12.4. The fraction of sp³-hybridized carbons (Fsp3) is 0.250. The number of halogens is 2. The van der Waals surface area contributed by atoms with Gasteiger partial charge in [0.05, 0.1) is 23.0 Å². The van der Waals surface area contributed by atoms with Gasteiger partial charge in [-0.25, -0.2) is 0 Å². The molecule has 1 unspecified atom stereocenters. The lowest BCUT2D eigenvalue weighted by Gasteiger charge is -2.14. The number of hydrogen-bond acceptors (Lipinski definition) is 2. The molecule has 0 saturated carbocycles. The summed E-state index contributed by atoms with van der Waals surface area (Å²) in [6, 6.07) is 5.41. The highest BCUT2D eigenvalue weighted by atomic mass is 35.5. The highest BCUT2D eigenvalue weighted by Gasteiger charge is 2.17. The zero-order chi connectivity index (χ0) is 12.6. The van der Waals surface area contributed by atoms with E-state index in [1.165, 1.54) is 0 Å². The van der Waals surface area contributed by atoms with E-state index in [-0.39, 0.29) is 6.04 Å². The van der Waals surface area contributed by atoms with Gasteiger partial charge in [0, 0.05) is 12.1 Å². The normalized spacial score (nSPS) is 12.8. The minimum Gasteiger partial charge on any atom is -0.319 e. The van der Waals surface area contributed by atoms with E-state index in [0.29, 0.717) is 10.0 Å². The third-order valence-electron chi connectivity index (χ3n) is 2.66. The fourth-order valence-electron chi connectivity index (χ4n) is 1.87. The summed E-state index contributed by atoms with van der Waals surface area (Å²) in [5.41, 5.74) is 8.98. The number of aromatic nitrogens is 2. The molecule has 1 aromatic heterocycles. The predicted molar refractivity (Wildman–Crippen MR) is 70.4 cm³/mol. The first-order valence-electron chi connectivity index (χ1n) is 5.19. The van der Waals surface area contributed by atoms with E-state index < -0.39 is 0 Å². The molecule has 0 aliphatic carbocycles. The fourth-order valence-corrected chi connectivity index (χ4v) is 2.45. The second kappa shape index (κ2) is 4.69. The summed E-state index contributed by atoms with van der Waals surface area (Å²) in [4.78, 5) is 0. The van der Waals surface area contributed by atoms with Crippen molar-refractivity contribution in [3.05, 3.63) is 51.3 Å². The van der Waals surface area contributed by atoms with Gasteiger partial charge in [-0.1, -0.05) is 29.3 Å². The first-order chi connectivity index (χ1) is 7.99. The Morgan fingerprint density at radius 1 is 1.29 bits per heavy atom. The van der Waals surface area contributed by atoms with Gasteiger partial charge in [-0.3, -0.25) is 4.68 Å². The molecule has 0 aliphatic rings. The molecule has 0 spiro atoms. The van der Waals surface area contributed by atoms with Crippen LogP contribution < -0.4 is 5.73 Å². The van der Waals surface area contributed by atoms with Crippen LogP contribution in [0.3, 0.4) is 0 Å². The molecule has 17 heavy (non-hydrogen) atoms. The molecule has 90 valence electrons. The molecule has 1 atom stereocenters. The van der Waals surface area contributed by atoms with Crippen LogP contribution in [0.25, 0.3) is 0 Å². The molecule has 0 fully saturated rings. The van der Waals surface area contributed by atoms with Crippen molar-refractivity contribution in [2.24, 2.45) is 12.8 Å². The van der Waals surface area contributed by atoms with Crippen LogP contribution in [0.5, 0.6) is 0 Å². The number of aryl methyl sites for hydroxylation is 2. The maximum Gasteiger partial charge on any atom is 0.0837 e. The molecule has 1 heterocycles. The third kappa shape index (κ3) is 2.46. The summed E-state index contributed by atoms with van der Waals surface area (Å²) >= 11 is 12.1. The van der Waals surface area contributed by atoms with Crippen LogP contribution in [0.4, 0.5) is 0 Å². The van der Waals surface area contributed by atoms with Gasteiger partial charge >= 0.3 is 0 Å². The maximum atomic E-state index is 6.20. The smallest absolute Gasteiger partial charge is 0.0837 e. The number of hydrogen-bond donors (Lipinski definition) is 1. The number of rotatable bonds is 2. The van der Waals surface area contributed by atoms with Crippen LogP contribution in [0, 0.1) is 6.92 Å². The molecule has 2 N–H and O–H groups in total. The van der Waals surface area contributed by atoms with Crippen LogP contribution in [-0.4, -0.2) is 9.78 Å². The Labute approximate surface area is 110 Å². The van der Waals surface area contributed by atoms with Gasteiger partial charge in [-0.2, -0.15) is 5.10 Å². The monoisotopic (exact) mass is 269 g/mol. The number of benzene rings is 1. The summed E-state index contributed by atoms with van der Waals surface area (Å²) < 4.78 is 1.68. The molecule has 2 aromatic rings. The SMILES string of the molecule is Cc1cc(Cl)cc(C(N)c2c(Cl)cnn2C)c1. The van der Waals surface area contributed by atoms with Crippen molar-refractivity contribution < 1.29 is 0 Å². The molecule has 5 heteroatoms. The second-order valence-electron chi connectivity index (χ2n) is 4.04. The molecular weight excluding hydrogens is 257 g/mol. The van der Waals surface area contributed by atoms with Crippen molar-refractivity contribution in [2.75, 3.05) is 0 Å². The Kier molecular flexibility index (Phi) is 3.43. The number of nitrogens with two attached hydrogens (primary N) is 1. The van der Waals surface area contributed by atoms with Gasteiger partial charge in [0.2, 0.25) is 0 Å². The van der Waals surface area contributed by atoms with E-state index in [0.717, 1.165) is 16.8 Å². The molecule has 1 aromatic carbocycles. The molecule has 3 nitrogen and oxygen atoms in total. The third-order valence-corrected chi connectivity index (χ3v) is 3.17. The van der Waals surface area contributed by atoms with Gasteiger partial charge in [-0.15, -0.1) is 0 Å². The van der Waals surface area contributed by atoms with Gasteiger partial charge in [-0.05, 0) is 30.2 Å². The number of nitrogens with zero attached hydrogens (tertiary/aromatic N) is 2. The van der Waals surface area contributed by atoms with Crippen molar-refractivity contribution in [1.82, 2.24) is 9.78 Å². The average Bonchev–Trinajstić information content (AvgIpc) is 2.56. The summed E-state index contributed by atoms with van der Waals surface area (Å²) in [5, 5.41) is 5.32. The van der Waals surface area contributed by atoms with E-state index in [2.05, 4.69) is 5.10 Å². The first-order valence-corrected chi connectivity index (χ1v) is 5.94. The van der Waals surface area contributed by atoms with E-state index in [1.807, 2.05) is 32.2 Å². The van der Waals surface area contributed by atoms with Crippen LogP contribution in [-0.2, 0) is 7.05 Å². The van der Waals surface area contributed by atoms with Crippen molar-refractivity contribution >= 4 is 23.2 Å². The Hall–Kier alpha value is -1.03. The molecular formula is C12H13Cl2N3. The minimum absolute atomic E-state index is 0.326. The summed E-state index contributed by atoms with van der Waals surface area (Å²) in [6.07, 6.45) is 1.59. The predicted octanol–water partition coefficient (Wildman–Crippen LogP) is 3.08. The molecule has 0 bridgehead atoms. The van der Waals surface area contributed by atoms with Crippen molar-refractivity contribution in [3.8, 4) is 0 Å². The van der Waals surface area contributed by atoms with Gasteiger partial charge in [0.25, 0.3) is 0 Å². The van der Waals surface area contributed by atoms with Crippen LogP contribution in [0.15, 0.2) is 24.4 Å². The quantitative estimate of drug-likeness (QED) is 0.911. The lowest BCUT2D eigenvalue weighted by Crippen LogP contribution is -2.16. The van der Waals surface area contributed by atoms with E-state index >= 15 is 0 Å². The van der Waals surface area contributed by atoms with Gasteiger partial charge in [0.15, 0.2) is 0 Å². The lowest BCUT2D eigenvalue weighted by molar-refractivity contribution is 0.673. The Morgan fingerprint density at radius 3 is 2.53 bits per heavy atom. The zero-order valence-electron chi connectivity index (χ0n) is 9.61. The summed E-state index contributed by atoms with van der Waals surface area (Å²) in [6.45, 7) is 1.98. The van der Waals surface area contributed by atoms with Gasteiger partial charge < -0.3 is 5.73 Å². The molecule has 0 aliphatic heterocycles. The molecule has 2 rings (SSSR count). The summed E-state index contributed by atoms with van der Waals surface area (Å²) in [7, 11) is 1.82. The van der Waals surface area contributed by atoms with Crippen molar-refractivity contribution in [2.45, 2.75) is 13.0 Å². The minimum atomic E-state index is -0.326. The topological polar surface area (TPSA) is 43.8 Å². The van der Waals surface area contributed by atoms with E-state index in [9.17, 15) is 0 Å². The molecule has 0 radical (unpaired) electrons. The molecule has 0 amide bonds. The Morgan fingerprint density at radius 2 is 2.00 bits per heavy atom. The highest BCUT2D eigenvalue weighted by Crippen LogP contribution is 2.28. The largest absolute Gasteiger partial charge is 0.319 e. The highest BCUT2D eigenvalue weighted by molar-refractivity contribution is 6.31. The van der Waals surface area contributed by atoms with E-state index in [1.54, 1.807) is 10.9 Å².